The summed E-state index contributed by atoms with van der Waals surface area (Å²) in [5, 5.41) is 4.24. The summed E-state index contributed by atoms with van der Waals surface area (Å²) in [7, 11) is 1.89. The van der Waals surface area contributed by atoms with Crippen LogP contribution in [0, 0.1) is 6.92 Å². The molecule has 1 aliphatic rings. The van der Waals surface area contributed by atoms with E-state index in [0.29, 0.717) is 19.0 Å². The van der Waals surface area contributed by atoms with E-state index in [1.54, 1.807) is 4.68 Å². The van der Waals surface area contributed by atoms with Crippen LogP contribution in [0.3, 0.4) is 0 Å². The number of nitrogen functional groups attached to an aromatic ring is 1. The molecule has 0 aliphatic carbocycles. The van der Waals surface area contributed by atoms with E-state index in [1.165, 1.54) is 0 Å². The molecular formula is C14H17N3O2. The van der Waals surface area contributed by atoms with Gasteiger partial charge in [0.25, 0.3) is 0 Å². The van der Waals surface area contributed by atoms with Crippen LogP contribution in [0.1, 0.15) is 12.0 Å². The molecule has 1 aromatic carbocycles. The van der Waals surface area contributed by atoms with Gasteiger partial charge < -0.3 is 15.2 Å². The van der Waals surface area contributed by atoms with Gasteiger partial charge in [0.05, 0.1) is 18.9 Å². The van der Waals surface area contributed by atoms with Crippen LogP contribution in [0.15, 0.2) is 18.2 Å². The molecule has 5 heteroatoms. The van der Waals surface area contributed by atoms with Crippen molar-refractivity contribution in [2.75, 3.05) is 18.9 Å². The van der Waals surface area contributed by atoms with E-state index >= 15 is 0 Å². The van der Waals surface area contributed by atoms with Crippen molar-refractivity contribution in [3.63, 3.8) is 0 Å². The molecule has 0 fully saturated rings. The van der Waals surface area contributed by atoms with E-state index in [2.05, 4.69) is 5.10 Å². The van der Waals surface area contributed by atoms with Gasteiger partial charge in [-0.25, -0.2) is 0 Å². The lowest BCUT2D eigenvalue weighted by Gasteiger charge is -2.10. The molecule has 0 bridgehead atoms. The molecule has 2 aromatic rings. The molecule has 3 rings (SSSR count). The quantitative estimate of drug-likeness (QED) is 0.852. The van der Waals surface area contributed by atoms with Gasteiger partial charge in [-0.3, -0.25) is 4.68 Å². The molecule has 2 heterocycles. The van der Waals surface area contributed by atoms with Crippen LogP contribution in [0.4, 0.5) is 5.82 Å². The maximum atomic E-state index is 5.85. The summed E-state index contributed by atoms with van der Waals surface area (Å²) in [5.74, 6) is 2.15. The normalized spacial score (nSPS) is 14.2. The summed E-state index contributed by atoms with van der Waals surface area (Å²) in [4.78, 5) is 0. The number of aromatic nitrogens is 2. The number of anilines is 1. The highest BCUT2D eigenvalue weighted by Crippen LogP contribution is 2.35. The van der Waals surface area contributed by atoms with Crippen LogP contribution in [-0.2, 0) is 7.05 Å². The van der Waals surface area contributed by atoms with E-state index in [9.17, 15) is 0 Å². The first-order valence-corrected chi connectivity index (χ1v) is 6.36. The summed E-state index contributed by atoms with van der Waals surface area (Å²) in [6.07, 6.45) is 0.904. The lowest BCUT2D eigenvalue weighted by molar-refractivity contribution is 0.297. The van der Waals surface area contributed by atoms with Crippen molar-refractivity contribution in [1.29, 1.82) is 0 Å². The van der Waals surface area contributed by atoms with Crippen molar-refractivity contribution in [2.24, 2.45) is 7.05 Å². The largest absolute Gasteiger partial charge is 0.490 e. The van der Waals surface area contributed by atoms with Gasteiger partial charge in [-0.2, -0.15) is 5.10 Å². The van der Waals surface area contributed by atoms with Gasteiger partial charge in [0.1, 0.15) is 5.82 Å². The number of aryl methyl sites for hydroxylation is 1. The Hall–Kier alpha value is -2.17. The van der Waals surface area contributed by atoms with Crippen molar-refractivity contribution in [3.05, 3.63) is 23.8 Å². The summed E-state index contributed by atoms with van der Waals surface area (Å²) in [6, 6.07) is 5.94. The molecular weight excluding hydrogens is 242 g/mol. The standard InChI is InChI=1S/C14H17N3O2/c1-9-13(17(2)16-14(9)15)10-4-5-11-12(8-10)19-7-3-6-18-11/h4-5,8H,3,6-7H2,1-2H3,(H2,15,16). The van der Waals surface area contributed by atoms with Crippen LogP contribution >= 0.6 is 0 Å². The first-order valence-electron chi connectivity index (χ1n) is 6.36. The van der Waals surface area contributed by atoms with Crippen LogP contribution in [0.5, 0.6) is 11.5 Å². The SMILES string of the molecule is Cc1c(N)nn(C)c1-c1ccc2c(c1)OCCCO2. The summed E-state index contributed by atoms with van der Waals surface area (Å²) in [5.41, 5.74) is 8.88. The van der Waals surface area contributed by atoms with Gasteiger partial charge in [-0.15, -0.1) is 0 Å². The lowest BCUT2D eigenvalue weighted by Crippen LogP contribution is -1.97. The first kappa shape index (κ1) is 11.9. The highest BCUT2D eigenvalue weighted by atomic mass is 16.5. The van der Waals surface area contributed by atoms with Crippen LogP contribution in [-0.4, -0.2) is 23.0 Å². The maximum Gasteiger partial charge on any atom is 0.161 e. The van der Waals surface area contributed by atoms with Gasteiger partial charge in [0.2, 0.25) is 0 Å². The molecule has 1 aromatic heterocycles. The predicted molar refractivity (Wildman–Crippen MR) is 73.4 cm³/mol. The lowest BCUT2D eigenvalue weighted by atomic mass is 10.1. The van der Waals surface area contributed by atoms with Gasteiger partial charge >= 0.3 is 0 Å². The number of benzene rings is 1. The van der Waals surface area contributed by atoms with Crippen molar-refractivity contribution in [3.8, 4) is 22.8 Å². The zero-order valence-electron chi connectivity index (χ0n) is 11.1. The molecule has 1 aliphatic heterocycles. The third-order valence-electron chi connectivity index (χ3n) is 3.34. The number of rotatable bonds is 1. The topological polar surface area (TPSA) is 62.3 Å². The minimum atomic E-state index is 0.560. The Morgan fingerprint density at radius 2 is 1.95 bits per heavy atom. The van der Waals surface area contributed by atoms with E-state index in [4.69, 9.17) is 15.2 Å². The minimum Gasteiger partial charge on any atom is -0.490 e. The Labute approximate surface area is 111 Å². The zero-order valence-corrected chi connectivity index (χ0v) is 11.1. The third kappa shape index (κ3) is 2.01. The Morgan fingerprint density at radius 1 is 1.21 bits per heavy atom. The van der Waals surface area contributed by atoms with E-state index < -0.39 is 0 Å². The van der Waals surface area contributed by atoms with E-state index in [-0.39, 0.29) is 0 Å². The van der Waals surface area contributed by atoms with Crippen LogP contribution in [0.25, 0.3) is 11.3 Å². The molecule has 0 unspecified atom stereocenters. The van der Waals surface area contributed by atoms with Crippen LogP contribution in [0.2, 0.25) is 0 Å². The number of ether oxygens (including phenoxy) is 2. The Kier molecular flexibility index (Phi) is 2.81. The Balaban J connectivity index is 2.09. The smallest absolute Gasteiger partial charge is 0.161 e. The molecule has 19 heavy (non-hydrogen) atoms. The average molecular weight is 259 g/mol. The molecule has 5 nitrogen and oxygen atoms in total. The van der Waals surface area contributed by atoms with Gasteiger partial charge in [-0.05, 0) is 25.1 Å². The zero-order chi connectivity index (χ0) is 13.4. The molecule has 0 spiro atoms. The molecule has 0 atom stereocenters. The number of fused-ring (bicyclic) bond motifs is 1. The second-order valence-electron chi connectivity index (χ2n) is 4.69. The van der Waals surface area contributed by atoms with Crippen LogP contribution < -0.4 is 15.2 Å². The molecule has 0 saturated carbocycles. The predicted octanol–water partition coefficient (Wildman–Crippen LogP) is 2.14. The summed E-state index contributed by atoms with van der Waals surface area (Å²) >= 11 is 0. The van der Waals surface area contributed by atoms with Crippen molar-refractivity contribution < 1.29 is 9.47 Å². The molecule has 2 N–H and O–H groups in total. The first-order chi connectivity index (χ1) is 9.16. The number of nitrogens with two attached hydrogens (primary N) is 1. The maximum absolute atomic E-state index is 5.85. The monoisotopic (exact) mass is 259 g/mol. The Bertz CT molecular complexity index is 619. The van der Waals surface area contributed by atoms with Gasteiger partial charge in [0, 0.05) is 24.6 Å². The highest BCUT2D eigenvalue weighted by Gasteiger charge is 2.16. The number of hydrogen-bond donors (Lipinski definition) is 1. The fraction of sp³-hybridized carbons (Fsp3) is 0.357. The molecule has 100 valence electrons. The number of nitrogens with zero attached hydrogens (tertiary/aromatic N) is 2. The average Bonchev–Trinajstić information content (AvgIpc) is 2.59. The Morgan fingerprint density at radius 3 is 2.63 bits per heavy atom. The van der Waals surface area contributed by atoms with Crippen molar-refractivity contribution in [1.82, 2.24) is 9.78 Å². The fourth-order valence-electron chi connectivity index (χ4n) is 2.36. The third-order valence-corrected chi connectivity index (χ3v) is 3.34. The van der Waals surface area contributed by atoms with E-state index in [1.807, 2.05) is 32.2 Å². The second kappa shape index (κ2) is 4.50. The van der Waals surface area contributed by atoms with Gasteiger partial charge in [-0.1, -0.05) is 0 Å². The summed E-state index contributed by atoms with van der Waals surface area (Å²) < 4.78 is 13.1. The van der Waals surface area contributed by atoms with Gasteiger partial charge in [0.15, 0.2) is 11.5 Å². The van der Waals surface area contributed by atoms with E-state index in [0.717, 1.165) is 34.7 Å². The fourth-order valence-corrected chi connectivity index (χ4v) is 2.36. The number of hydrogen-bond acceptors (Lipinski definition) is 4. The summed E-state index contributed by atoms with van der Waals surface area (Å²) in [6.45, 7) is 3.35. The van der Waals surface area contributed by atoms with Crippen molar-refractivity contribution in [2.45, 2.75) is 13.3 Å². The highest BCUT2D eigenvalue weighted by molar-refractivity contribution is 5.70. The van der Waals surface area contributed by atoms with Crippen molar-refractivity contribution >= 4 is 5.82 Å². The molecule has 0 amide bonds. The molecule has 0 radical (unpaired) electrons. The minimum absolute atomic E-state index is 0.560. The molecule has 0 saturated heterocycles. The second-order valence-corrected chi connectivity index (χ2v) is 4.69.